The molecule has 84 valence electrons. The number of carbonyl (C=O) groups excluding carboxylic acids is 1. The van der Waals surface area contributed by atoms with Crippen LogP contribution >= 0.6 is 0 Å². The molecule has 1 heterocycles. The number of hydrogen-bond acceptors (Lipinski definition) is 3. The topological polar surface area (TPSA) is 55.6 Å². The van der Waals surface area contributed by atoms with Crippen molar-refractivity contribution in [3.8, 4) is 0 Å². The Kier molecular flexibility index (Phi) is 3.52. The molecule has 0 saturated heterocycles. The summed E-state index contributed by atoms with van der Waals surface area (Å²) in [6.07, 6.45) is 6.86. The van der Waals surface area contributed by atoms with Crippen molar-refractivity contribution < 1.29 is 9.53 Å². The molecule has 0 aromatic heterocycles. The Morgan fingerprint density at radius 2 is 2.13 bits per heavy atom. The number of amides is 1. The number of hydrogen-bond donors (Lipinski definition) is 1. The van der Waals surface area contributed by atoms with E-state index < -0.39 is 5.60 Å². The fraction of sp³-hybridized carbons (Fsp3) is 0.545. The van der Waals surface area contributed by atoms with Gasteiger partial charge in [-0.15, -0.1) is 0 Å². The molecular weight excluding hydrogens is 192 g/mol. The molecule has 1 atom stereocenters. The van der Waals surface area contributed by atoms with E-state index in [1.165, 1.54) is 4.90 Å². The molecule has 1 unspecified atom stereocenters. The zero-order valence-corrected chi connectivity index (χ0v) is 9.43. The molecule has 0 bridgehead atoms. The van der Waals surface area contributed by atoms with E-state index in [4.69, 9.17) is 10.5 Å². The molecule has 1 rings (SSSR count). The van der Waals surface area contributed by atoms with Crippen molar-refractivity contribution in [1.29, 1.82) is 0 Å². The van der Waals surface area contributed by atoms with Gasteiger partial charge in [0.1, 0.15) is 5.60 Å². The fourth-order valence-electron chi connectivity index (χ4n) is 1.24. The first-order chi connectivity index (χ1) is 6.94. The number of ether oxygens (including phenoxy) is 1. The van der Waals surface area contributed by atoms with Gasteiger partial charge in [0.05, 0.1) is 6.04 Å². The van der Waals surface area contributed by atoms with Gasteiger partial charge in [-0.05, 0) is 26.8 Å². The monoisotopic (exact) mass is 210 g/mol. The average Bonchev–Trinajstić information content (AvgIpc) is 2.15. The molecular formula is C11H18N2O2. The standard InChI is InChI=1S/C11H18N2O2/c1-11(2,3)15-10(14)13-7-5-4-6-9(13)8-12/h4-7,9H,8,12H2,1-3H3. The second kappa shape index (κ2) is 4.49. The molecule has 2 N–H and O–H groups in total. The van der Waals surface area contributed by atoms with Crippen LogP contribution in [-0.4, -0.2) is 29.2 Å². The highest BCUT2D eigenvalue weighted by atomic mass is 16.6. The highest BCUT2D eigenvalue weighted by molar-refractivity contribution is 5.70. The summed E-state index contributed by atoms with van der Waals surface area (Å²) >= 11 is 0. The van der Waals surface area contributed by atoms with E-state index >= 15 is 0 Å². The minimum atomic E-state index is -0.481. The summed E-state index contributed by atoms with van der Waals surface area (Å²) in [4.78, 5) is 13.3. The SMILES string of the molecule is CC(C)(C)OC(=O)N1C=CC=CC1CN. The lowest BCUT2D eigenvalue weighted by molar-refractivity contribution is 0.0299. The molecule has 0 aromatic rings. The van der Waals surface area contributed by atoms with Gasteiger partial charge in [0.2, 0.25) is 0 Å². The first-order valence-corrected chi connectivity index (χ1v) is 5.00. The molecule has 4 heteroatoms. The second-order valence-electron chi connectivity index (χ2n) is 4.42. The van der Waals surface area contributed by atoms with Crippen molar-refractivity contribution in [2.24, 2.45) is 5.73 Å². The van der Waals surface area contributed by atoms with Gasteiger partial charge in [-0.2, -0.15) is 0 Å². The Labute approximate surface area is 90.4 Å². The largest absolute Gasteiger partial charge is 0.443 e. The van der Waals surface area contributed by atoms with Crippen molar-refractivity contribution in [2.45, 2.75) is 32.4 Å². The van der Waals surface area contributed by atoms with Gasteiger partial charge in [0.25, 0.3) is 0 Å². The first kappa shape index (κ1) is 11.8. The minimum Gasteiger partial charge on any atom is -0.443 e. The summed E-state index contributed by atoms with van der Waals surface area (Å²) in [5.74, 6) is 0. The number of carbonyl (C=O) groups is 1. The number of nitrogens with zero attached hydrogens (tertiary/aromatic N) is 1. The van der Waals surface area contributed by atoms with E-state index in [1.54, 1.807) is 12.3 Å². The maximum absolute atomic E-state index is 11.7. The third-order valence-electron chi connectivity index (χ3n) is 1.89. The van der Waals surface area contributed by atoms with Crippen molar-refractivity contribution in [3.05, 3.63) is 24.4 Å². The number of nitrogens with two attached hydrogens (primary N) is 1. The van der Waals surface area contributed by atoms with Crippen molar-refractivity contribution in [2.75, 3.05) is 6.54 Å². The van der Waals surface area contributed by atoms with E-state index in [0.717, 1.165) is 0 Å². The van der Waals surface area contributed by atoms with Crippen LogP contribution in [0.4, 0.5) is 4.79 Å². The molecule has 0 spiro atoms. The highest BCUT2D eigenvalue weighted by Crippen LogP contribution is 2.14. The Bertz CT molecular complexity index is 289. The second-order valence-corrected chi connectivity index (χ2v) is 4.42. The van der Waals surface area contributed by atoms with Crippen LogP contribution in [0, 0.1) is 0 Å². The summed E-state index contributed by atoms with van der Waals surface area (Å²) in [5, 5.41) is 0. The molecule has 15 heavy (non-hydrogen) atoms. The van der Waals surface area contributed by atoms with Crippen LogP contribution in [0.2, 0.25) is 0 Å². The van der Waals surface area contributed by atoms with Gasteiger partial charge in [0.15, 0.2) is 0 Å². The highest BCUT2D eigenvalue weighted by Gasteiger charge is 2.25. The summed E-state index contributed by atoms with van der Waals surface area (Å²) in [7, 11) is 0. The van der Waals surface area contributed by atoms with Crippen LogP contribution in [0.5, 0.6) is 0 Å². The zero-order chi connectivity index (χ0) is 11.5. The van der Waals surface area contributed by atoms with E-state index in [0.29, 0.717) is 6.54 Å². The van der Waals surface area contributed by atoms with Gasteiger partial charge < -0.3 is 10.5 Å². The maximum atomic E-state index is 11.7. The lowest BCUT2D eigenvalue weighted by atomic mass is 10.2. The summed E-state index contributed by atoms with van der Waals surface area (Å²) in [6.45, 7) is 5.91. The van der Waals surface area contributed by atoms with Crippen LogP contribution in [0.15, 0.2) is 24.4 Å². The van der Waals surface area contributed by atoms with Crippen molar-refractivity contribution in [3.63, 3.8) is 0 Å². The van der Waals surface area contributed by atoms with E-state index in [2.05, 4.69) is 0 Å². The van der Waals surface area contributed by atoms with E-state index in [9.17, 15) is 4.79 Å². The maximum Gasteiger partial charge on any atom is 0.414 e. The van der Waals surface area contributed by atoms with Crippen molar-refractivity contribution >= 4 is 6.09 Å². The van der Waals surface area contributed by atoms with Gasteiger partial charge in [-0.25, -0.2) is 4.79 Å². The minimum absolute atomic E-state index is 0.107. The van der Waals surface area contributed by atoms with Gasteiger partial charge in [0, 0.05) is 12.7 Å². The molecule has 4 nitrogen and oxygen atoms in total. The molecule has 1 aliphatic heterocycles. The predicted molar refractivity (Wildman–Crippen MR) is 59.2 cm³/mol. The molecule has 0 aromatic carbocycles. The Morgan fingerprint density at radius 3 is 2.67 bits per heavy atom. The van der Waals surface area contributed by atoms with E-state index in [-0.39, 0.29) is 12.1 Å². The molecule has 0 fully saturated rings. The molecule has 0 aliphatic carbocycles. The van der Waals surface area contributed by atoms with Crippen LogP contribution in [0.25, 0.3) is 0 Å². The molecule has 0 saturated carbocycles. The smallest absolute Gasteiger partial charge is 0.414 e. The van der Waals surface area contributed by atoms with Gasteiger partial charge in [-0.1, -0.05) is 12.2 Å². The normalized spacial score (nSPS) is 20.5. The van der Waals surface area contributed by atoms with Gasteiger partial charge in [-0.3, -0.25) is 4.90 Å². The predicted octanol–water partition coefficient (Wildman–Crippen LogP) is 1.63. The Morgan fingerprint density at radius 1 is 1.47 bits per heavy atom. The Balaban J connectivity index is 2.66. The molecule has 0 radical (unpaired) electrons. The third kappa shape index (κ3) is 3.40. The summed E-state index contributed by atoms with van der Waals surface area (Å²) < 4.78 is 5.26. The van der Waals surface area contributed by atoms with Crippen LogP contribution in [0.3, 0.4) is 0 Å². The van der Waals surface area contributed by atoms with Crippen LogP contribution < -0.4 is 5.73 Å². The quantitative estimate of drug-likeness (QED) is 0.715. The van der Waals surface area contributed by atoms with Crippen molar-refractivity contribution in [1.82, 2.24) is 4.90 Å². The molecule has 1 aliphatic rings. The lowest BCUT2D eigenvalue weighted by Crippen LogP contribution is -2.43. The average molecular weight is 210 g/mol. The van der Waals surface area contributed by atoms with Crippen LogP contribution in [-0.2, 0) is 4.74 Å². The van der Waals surface area contributed by atoms with Crippen LogP contribution in [0.1, 0.15) is 20.8 Å². The number of rotatable bonds is 1. The van der Waals surface area contributed by atoms with Gasteiger partial charge >= 0.3 is 6.09 Å². The lowest BCUT2D eigenvalue weighted by Gasteiger charge is -2.30. The molecule has 1 amide bonds. The fourth-order valence-corrected chi connectivity index (χ4v) is 1.24. The Hall–Kier alpha value is -1.29. The summed E-state index contributed by atoms with van der Waals surface area (Å²) in [5.41, 5.74) is 5.08. The van der Waals surface area contributed by atoms with E-state index in [1.807, 2.05) is 32.9 Å². The zero-order valence-electron chi connectivity index (χ0n) is 9.43. The first-order valence-electron chi connectivity index (χ1n) is 5.00. The summed E-state index contributed by atoms with van der Waals surface area (Å²) in [6, 6.07) is -0.107. The third-order valence-corrected chi connectivity index (χ3v) is 1.89. The number of allylic oxidation sites excluding steroid dienone is 2.